The fourth-order valence-corrected chi connectivity index (χ4v) is 4.10. The Morgan fingerprint density at radius 1 is 1.14 bits per heavy atom. The summed E-state index contributed by atoms with van der Waals surface area (Å²) in [6.45, 7) is 4.20. The minimum atomic E-state index is 0.159. The van der Waals surface area contributed by atoms with Gasteiger partial charge in [0.25, 0.3) is 0 Å². The lowest BCUT2D eigenvalue weighted by Crippen LogP contribution is -2.36. The molecular formula is C22H30N4OS. The lowest BCUT2D eigenvalue weighted by Gasteiger charge is -2.20. The number of carbonyl (C=O) groups is 1. The van der Waals surface area contributed by atoms with Crippen LogP contribution in [0, 0.1) is 5.92 Å². The second-order valence-electron chi connectivity index (χ2n) is 7.15. The van der Waals surface area contributed by atoms with E-state index in [1.165, 1.54) is 24.1 Å². The van der Waals surface area contributed by atoms with Gasteiger partial charge in [-0.15, -0.1) is 11.3 Å². The zero-order chi connectivity index (χ0) is 19.6. The predicted molar refractivity (Wildman–Crippen MR) is 118 cm³/mol. The van der Waals surface area contributed by atoms with E-state index in [0.29, 0.717) is 6.54 Å². The molecule has 3 rings (SSSR count). The Morgan fingerprint density at radius 2 is 2.00 bits per heavy atom. The molecule has 1 aliphatic rings. The summed E-state index contributed by atoms with van der Waals surface area (Å²) in [5, 5.41) is 11.8. The number of amides is 1. The zero-order valence-electron chi connectivity index (χ0n) is 16.5. The van der Waals surface area contributed by atoms with Gasteiger partial charge >= 0.3 is 0 Å². The zero-order valence-corrected chi connectivity index (χ0v) is 17.4. The van der Waals surface area contributed by atoms with Crippen LogP contribution in [0.25, 0.3) is 0 Å². The number of anilines is 1. The van der Waals surface area contributed by atoms with Crippen molar-refractivity contribution in [3.05, 3.63) is 52.2 Å². The number of guanidine groups is 1. The van der Waals surface area contributed by atoms with Crippen molar-refractivity contribution in [1.82, 2.24) is 10.6 Å². The van der Waals surface area contributed by atoms with Gasteiger partial charge in [-0.1, -0.05) is 37.5 Å². The normalized spacial score (nSPS) is 15.2. The third-order valence-corrected chi connectivity index (χ3v) is 5.82. The number of aliphatic imine (C=N–C) groups is 1. The fourth-order valence-electron chi connectivity index (χ4n) is 3.45. The molecule has 0 unspecified atom stereocenters. The lowest BCUT2D eigenvalue weighted by molar-refractivity contribution is -0.120. The Hall–Kier alpha value is -2.34. The summed E-state index contributed by atoms with van der Waals surface area (Å²) in [6.07, 6.45) is 5.61. The van der Waals surface area contributed by atoms with E-state index in [9.17, 15) is 4.79 Å². The van der Waals surface area contributed by atoms with Crippen LogP contribution in [0.2, 0.25) is 0 Å². The number of thiophene rings is 1. The van der Waals surface area contributed by atoms with E-state index in [1.807, 2.05) is 24.3 Å². The van der Waals surface area contributed by atoms with E-state index in [2.05, 4.69) is 45.4 Å². The second-order valence-corrected chi connectivity index (χ2v) is 8.18. The minimum Gasteiger partial charge on any atom is -0.357 e. The van der Waals surface area contributed by atoms with E-state index < -0.39 is 0 Å². The highest BCUT2D eigenvalue weighted by Crippen LogP contribution is 2.25. The third-order valence-electron chi connectivity index (χ3n) is 4.94. The number of rotatable bonds is 7. The van der Waals surface area contributed by atoms with E-state index in [-0.39, 0.29) is 11.8 Å². The highest BCUT2D eigenvalue weighted by atomic mass is 32.1. The standard InChI is InChI=1S/C22H30N4OS/c1-2-23-22(25-16-20-12-7-13-28-20)24-15-17-8-6-11-19(14-17)26-21(27)18-9-4-3-5-10-18/h6-8,11-14,18H,2-5,9-10,15-16H2,1H3,(H,26,27)(H2,23,24,25). The topological polar surface area (TPSA) is 65.5 Å². The monoisotopic (exact) mass is 398 g/mol. The molecule has 0 bridgehead atoms. The van der Waals surface area contributed by atoms with Crippen LogP contribution in [0.4, 0.5) is 5.69 Å². The summed E-state index contributed by atoms with van der Waals surface area (Å²) in [5.74, 6) is 1.12. The molecule has 5 nitrogen and oxygen atoms in total. The molecule has 150 valence electrons. The van der Waals surface area contributed by atoms with Gasteiger partial charge in [0.05, 0.1) is 13.1 Å². The molecule has 6 heteroatoms. The largest absolute Gasteiger partial charge is 0.357 e. The maximum Gasteiger partial charge on any atom is 0.227 e. The van der Waals surface area contributed by atoms with Crippen molar-refractivity contribution in [1.29, 1.82) is 0 Å². The molecule has 28 heavy (non-hydrogen) atoms. The summed E-state index contributed by atoms with van der Waals surface area (Å²) in [6, 6.07) is 12.2. The highest BCUT2D eigenvalue weighted by molar-refractivity contribution is 7.09. The van der Waals surface area contributed by atoms with Crippen molar-refractivity contribution in [2.75, 3.05) is 11.9 Å². The molecule has 1 fully saturated rings. The molecule has 1 aromatic carbocycles. The van der Waals surface area contributed by atoms with Gasteiger partial charge in [0, 0.05) is 23.0 Å². The van der Waals surface area contributed by atoms with Crippen LogP contribution in [0.15, 0.2) is 46.8 Å². The van der Waals surface area contributed by atoms with Crippen LogP contribution >= 0.6 is 11.3 Å². The number of hydrogen-bond acceptors (Lipinski definition) is 3. The number of hydrogen-bond donors (Lipinski definition) is 3. The number of carbonyl (C=O) groups excluding carboxylic acids is 1. The second kappa shape index (κ2) is 10.9. The van der Waals surface area contributed by atoms with Gasteiger partial charge in [-0.2, -0.15) is 0 Å². The van der Waals surface area contributed by atoms with Gasteiger partial charge in [0.2, 0.25) is 5.91 Å². The molecule has 0 radical (unpaired) electrons. The number of nitrogens with one attached hydrogen (secondary N) is 3. The Morgan fingerprint density at radius 3 is 2.75 bits per heavy atom. The maximum atomic E-state index is 12.5. The third kappa shape index (κ3) is 6.37. The summed E-state index contributed by atoms with van der Waals surface area (Å²) in [5.41, 5.74) is 1.94. The molecule has 2 aromatic rings. The molecular weight excluding hydrogens is 368 g/mol. The Labute approximate surface area is 171 Å². The van der Waals surface area contributed by atoms with Crippen LogP contribution in [0.5, 0.6) is 0 Å². The average molecular weight is 399 g/mol. The van der Waals surface area contributed by atoms with Gasteiger partial charge < -0.3 is 16.0 Å². The lowest BCUT2D eigenvalue weighted by atomic mass is 9.88. The van der Waals surface area contributed by atoms with Gasteiger partial charge in [0.15, 0.2) is 5.96 Å². The minimum absolute atomic E-state index is 0.159. The van der Waals surface area contributed by atoms with Gasteiger partial charge in [0.1, 0.15) is 0 Å². The Kier molecular flexibility index (Phi) is 7.91. The maximum absolute atomic E-state index is 12.5. The van der Waals surface area contributed by atoms with Crippen molar-refractivity contribution in [3.8, 4) is 0 Å². The van der Waals surface area contributed by atoms with Crippen LogP contribution < -0.4 is 16.0 Å². The average Bonchev–Trinajstić information content (AvgIpc) is 3.25. The molecule has 1 aromatic heterocycles. The molecule has 1 saturated carbocycles. The first-order valence-electron chi connectivity index (χ1n) is 10.2. The fraction of sp³-hybridized carbons (Fsp3) is 0.455. The van der Waals surface area contributed by atoms with Gasteiger partial charge in [-0.05, 0) is 48.9 Å². The summed E-state index contributed by atoms with van der Waals surface area (Å²) in [4.78, 5) is 18.4. The highest BCUT2D eigenvalue weighted by Gasteiger charge is 2.20. The first-order valence-corrected chi connectivity index (χ1v) is 11.1. The predicted octanol–water partition coefficient (Wildman–Crippen LogP) is 4.52. The molecule has 3 N–H and O–H groups in total. The molecule has 0 spiro atoms. The summed E-state index contributed by atoms with van der Waals surface area (Å²) >= 11 is 1.73. The SMILES string of the molecule is CCNC(=NCc1cccc(NC(=O)C2CCCCC2)c1)NCc1cccs1. The first-order chi connectivity index (χ1) is 13.7. The molecule has 0 atom stereocenters. The number of nitrogens with zero attached hydrogens (tertiary/aromatic N) is 1. The van der Waals surface area contributed by atoms with Crippen molar-refractivity contribution < 1.29 is 4.79 Å². The summed E-state index contributed by atoms with van der Waals surface area (Å²) < 4.78 is 0. The molecule has 0 aliphatic heterocycles. The number of benzene rings is 1. The van der Waals surface area contributed by atoms with Gasteiger partial charge in [-0.3, -0.25) is 4.79 Å². The molecule has 1 heterocycles. The van der Waals surface area contributed by atoms with Crippen molar-refractivity contribution in [3.63, 3.8) is 0 Å². The quantitative estimate of drug-likeness (QED) is 0.474. The van der Waals surface area contributed by atoms with Crippen LogP contribution in [-0.4, -0.2) is 18.4 Å². The van der Waals surface area contributed by atoms with E-state index in [4.69, 9.17) is 0 Å². The van der Waals surface area contributed by atoms with E-state index in [0.717, 1.165) is 43.1 Å². The Balaban J connectivity index is 1.57. The summed E-state index contributed by atoms with van der Waals surface area (Å²) in [7, 11) is 0. The smallest absolute Gasteiger partial charge is 0.227 e. The van der Waals surface area contributed by atoms with Crippen LogP contribution in [0.3, 0.4) is 0 Å². The first kappa shape index (κ1) is 20.4. The molecule has 0 saturated heterocycles. The van der Waals surface area contributed by atoms with Crippen molar-refractivity contribution in [2.24, 2.45) is 10.9 Å². The van der Waals surface area contributed by atoms with Crippen LogP contribution in [-0.2, 0) is 17.9 Å². The van der Waals surface area contributed by atoms with Gasteiger partial charge in [-0.25, -0.2) is 4.99 Å². The van der Waals surface area contributed by atoms with Crippen molar-refractivity contribution >= 4 is 28.9 Å². The Bertz CT molecular complexity index is 767. The van der Waals surface area contributed by atoms with E-state index in [1.54, 1.807) is 11.3 Å². The van der Waals surface area contributed by atoms with E-state index >= 15 is 0 Å². The van der Waals surface area contributed by atoms with Crippen LogP contribution in [0.1, 0.15) is 49.5 Å². The molecule has 1 amide bonds. The van der Waals surface area contributed by atoms with Crippen molar-refractivity contribution in [2.45, 2.75) is 52.1 Å². The molecule has 1 aliphatic carbocycles.